The maximum absolute atomic E-state index is 12.6. The van der Waals surface area contributed by atoms with Gasteiger partial charge in [-0.25, -0.2) is 0 Å². The van der Waals surface area contributed by atoms with E-state index in [1.165, 1.54) is 167 Å². The number of aliphatic hydroxyl groups excluding tert-OH is 1. The fourth-order valence-corrected chi connectivity index (χ4v) is 8.40. The highest BCUT2D eigenvalue weighted by Crippen LogP contribution is 2.17. The predicted octanol–water partition coefficient (Wildman–Crippen LogP) is 15.3. The third kappa shape index (κ3) is 45.5. The number of carbonyl (C=O) groups excluding carboxylic acids is 1. The van der Waals surface area contributed by atoms with Gasteiger partial charge in [0.05, 0.1) is 17.9 Å². The fraction of sp³-hybridized carbons (Fsp3) is 0.860. The molecule has 0 aromatic rings. The second-order valence-electron chi connectivity index (χ2n) is 17.1. The monoisotopic (exact) mass is 822 g/mol. The van der Waals surface area contributed by atoms with E-state index < -0.39 is 28.0 Å². The molecular weight excluding hydrogens is 727 g/mol. The molecule has 0 heterocycles. The first-order chi connectivity index (χ1) is 27.8. The molecule has 0 saturated heterocycles. The van der Waals surface area contributed by atoms with E-state index in [0.29, 0.717) is 12.8 Å². The van der Waals surface area contributed by atoms with Crippen molar-refractivity contribution in [2.24, 2.45) is 0 Å². The Morgan fingerprint density at radius 2 is 0.789 bits per heavy atom. The van der Waals surface area contributed by atoms with Crippen molar-refractivity contribution >= 4 is 16.0 Å². The van der Waals surface area contributed by atoms with Crippen LogP contribution in [0.25, 0.3) is 0 Å². The Balaban J connectivity index is 3.80. The normalized spacial score (nSPS) is 13.4. The summed E-state index contributed by atoms with van der Waals surface area (Å²) in [4.78, 5) is 12.6. The number of amides is 1. The first-order valence-electron chi connectivity index (χ1n) is 24.7. The summed E-state index contributed by atoms with van der Waals surface area (Å²) in [7, 11) is -4.32. The largest absolute Gasteiger partial charge is 0.391 e. The van der Waals surface area contributed by atoms with Crippen molar-refractivity contribution in [1.29, 1.82) is 0 Å². The molecular formula is C50H95NO5S. The highest BCUT2D eigenvalue weighted by Gasteiger charge is 2.26. The Morgan fingerprint density at radius 3 is 1.16 bits per heavy atom. The molecule has 6 nitrogen and oxygen atoms in total. The molecule has 0 aliphatic carbocycles. The zero-order chi connectivity index (χ0) is 41.8. The lowest BCUT2D eigenvalue weighted by Crippen LogP contribution is -2.47. The molecule has 0 fully saturated rings. The van der Waals surface area contributed by atoms with Crippen LogP contribution in [0, 0.1) is 0 Å². The topological polar surface area (TPSA) is 104 Å². The van der Waals surface area contributed by atoms with Gasteiger partial charge in [0.25, 0.3) is 10.1 Å². The lowest BCUT2D eigenvalue weighted by atomic mass is 10.0. The van der Waals surface area contributed by atoms with E-state index in [1.54, 1.807) is 0 Å². The van der Waals surface area contributed by atoms with E-state index in [2.05, 4.69) is 55.6 Å². The molecule has 57 heavy (non-hydrogen) atoms. The quantitative estimate of drug-likeness (QED) is 0.0322. The molecule has 0 aliphatic heterocycles. The van der Waals surface area contributed by atoms with Crippen molar-refractivity contribution in [2.75, 3.05) is 5.75 Å². The van der Waals surface area contributed by atoms with Gasteiger partial charge in [-0.05, 0) is 51.4 Å². The lowest BCUT2D eigenvalue weighted by molar-refractivity contribution is -0.122. The number of nitrogens with one attached hydrogen (secondary N) is 1. The fourth-order valence-electron chi connectivity index (χ4n) is 7.64. The zero-order valence-electron chi connectivity index (χ0n) is 37.7. The minimum atomic E-state index is -4.32. The zero-order valence-corrected chi connectivity index (χ0v) is 38.5. The third-order valence-electron chi connectivity index (χ3n) is 11.3. The molecule has 0 saturated carbocycles. The maximum Gasteiger partial charge on any atom is 0.266 e. The van der Waals surface area contributed by atoms with Gasteiger partial charge < -0.3 is 10.4 Å². The molecule has 1 amide bonds. The van der Waals surface area contributed by atoms with Gasteiger partial charge in [-0.2, -0.15) is 8.42 Å². The van der Waals surface area contributed by atoms with Gasteiger partial charge in [-0.3, -0.25) is 9.35 Å². The van der Waals surface area contributed by atoms with Crippen LogP contribution in [0.3, 0.4) is 0 Å². The summed E-state index contributed by atoms with van der Waals surface area (Å²) in [6, 6.07) is -0.979. The van der Waals surface area contributed by atoms with Crippen LogP contribution in [0.2, 0.25) is 0 Å². The Hall–Kier alpha value is -1.44. The standard InChI is InChI=1S/C50H95NO5S/c1-3-5-7-9-11-13-15-17-19-21-23-25-27-29-31-33-35-37-39-41-43-45-49(52)48(47-57(54,55)56)51-50(53)46-44-42-40-38-36-34-32-30-28-26-24-22-20-18-16-14-12-10-8-6-4-2/h16,18,22,24,28,30,48-49,52H,3-15,17,19-21,23,25-27,29,31-47H2,1-2H3,(H,51,53)(H,54,55,56)/b18-16-,24-22-,30-28-. The summed E-state index contributed by atoms with van der Waals surface area (Å²) < 4.78 is 32.7. The third-order valence-corrected chi connectivity index (χ3v) is 12.1. The first-order valence-corrected chi connectivity index (χ1v) is 26.3. The van der Waals surface area contributed by atoms with Crippen molar-refractivity contribution in [1.82, 2.24) is 5.32 Å². The minimum absolute atomic E-state index is 0.255. The van der Waals surface area contributed by atoms with Gasteiger partial charge >= 0.3 is 0 Å². The second kappa shape index (κ2) is 44.1. The molecule has 0 aromatic heterocycles. The predicted molar refractivity (Wildman–Crippen MR) is 249 cm³/mol. The number of hydrogen-bond donors (Lipinski definition) is 3. The molecule has 0 aliphatic rings. The van der Waals surface area contributed by atoms with E-state index in [1.807, 2.05) is 0 Å². The van der Waals surface area contributed by atoms with Gasteiger partial charge in [0, 0.05) is 6.42 Å². The smallest absolute Gasteiger partial charge is 0.266 e. The second-order valence-corrected chi connectivity index (χ2v) is 18.6. The van der Waals surface area contributed by atoms with Crippen molar-refractivity contribution in [3.05, 3.63) is 36.5 Å². The summed E-state index contributed by atoms with van der Waals surface area (Å²) in [5, 5.41) is 13.4. The van der Waals surface area contributed by atoms with Crippen LogP contribution in [0.15, 0.2) is 36.5 Å². The molecule has 2 atom stereocenters. The molecule has 336 valence electrons. The van der Waals surface area contributed by atoms with Gasteiger partial charge in [0.2, 0.25) is 5.91 Å². The highest BCUT2D eigenvalue weighted by atomic mass is 32.2. The molecule has 0 bridgehead atoms. The average Bonchev–Trinajstić information content (AvgIpc) is 3.18. The van der Waals surface area contributed by atoms with E-state index in [-0.39, 0.29) is 5.91 Å². The Morgan fingerprint density at radius 1 is 0.474 bits per heavy atom. The Labute approximate surface area is 355 Å². The molecule has 0 radical (unpaired) electrons. The molecule has 0 aromatic carbocycles. The van der Waals surface area contributed by atoms with Crippen LogP contribution in [0.1, 0.15) is 258 Å². The SMILES string of the molecule is CCCCCCC/C=C\C/C=C\C/C=C\CCCCCCCCC(=O)NC(CS(=O)(=O)O)C(O)CCCCCCCCCCCCCCCCCCCCCCC. The van der Waals surface area contributed by atoms with Crippen molar-refractivity contribution < 1.29 is 22.9 Å². The van der Waals surface area contributed by atoms with Crippen LogP contribution in [-0.2, 0) is 14.9 Å². The van der Waals surface area contributed by atoms with E-state index >= 15 is 0 Å². The molecule has 0 rings (SSSR count). The molecule has 2 unspecified atom stereocenters. The summed E-state index contributed by atoms with van der Waals surface area (Å²) >= 11 is 0. The Kier molecular flexibility index (Phi) is 43.0. The summed E-state index contributed by atoms with van der Waals surface area (Å²) in [5.41, 5.74) is 0. The number of aliphatic hydroxyl groups is 1. The van der Waals surface area contributed by atoms with Crippen molar-refractivity contribution in [3.63, 3.8) is 0 Å². The van der Waals surface area contributed by atoms with Crippen LogP contribution >= 0.6 is 0 Å². The number of carbonyl (C=O) groups is 1. The lowest BCUT2D eigenvalue weighted by Gasteiger charge is -2.23. The minimum Gasteiger partial charge on any atom is -0.391 e. The summed E-state index contributed by atoms with van der Waals surface area (Å²) in [6.07, 6.45) is 58.2. The van der Waals surface area contributed by atoms with Gasteiger partial charge in [0.1, 0.15) is 0 Å². The van der Waals surface area contributed by atoms with E-state index in [4.69, 9.17) is 0 Å². The van der Waals surface area contributed by atoms with Crippen LogP contribution in [-0.4, -0.2) is 41.9 Å². The molecule has 3 N–H and O–H groups in total. The van der Waals surface area contributed by atoms with Crippen LogP contribution < -0.4 is 5.32 Å². The maximum atomic E-state index is 12.6. The first kappa shape index (κ1) is 55.6. The van der Waals surface area contributed by atoms with E-state index in [0.717, 1.165) is 64.2 Å². The molecule has 0 spiro atoms. The van der Waals surface area contributed by atoms with Crippen LogP contribution in [0.4, 0.5) is 0 Å². The van der Waals surface area contributed by atoms with Gasteiger partial charge in [-0.1, -0.05) is 237 Å². The number of unbranched alkanes of at least 4 members (excludes halogenated alkanes) is 31. The highest BCUT2D eigenvalue weighted by molar-refractivity contribution is 7.85. The van der Waals surface area contributed by atoms with Crippen molar-refractivity contribution in [3.8, 4) is 0 Å². The number of allylic oxidation sites excluding steroid dienone is 6. The van der Waals surface area contributed by atoms with Crippen molar-refractivity contribution in [2.45, 2.75) is 270 Å². The average molecular weight is 822 g/mol. The van der Waals surface area contributed by atoms with Gasteiger partial charge in [-0.15, -0.1) is 0 Å². The molecule has 7 heteroatoms. The Bertz CT molecular complexity index is 1040. The van der Waals surface area contributed by atoms with E-state index in [9.17, 15) is 22.9 Å². The number of rotatable bonds is 45. The summed E-state index contributed by atoms with van der Waals surface area (Å²) in [5.74, 6) is -0.907. The number of hydrogen-bond acceptors (Lipinski definition) is 4. The van der Waals surface area contributed by atoms with Crippen LogP contribution in [0.5, 0.6) is 0 Å². The summed E-state index contributed by atoms with van der Waals surface area (Å²) in [6.45, 7) is 4.54. The van der Waals surface area contributed by atoms with Gasteiger partial charge in [0.15, 0.2) is 0 Å².